The third-order valence-electron chi connectivity index (χ3n) is 5.12. The number of hydrogen-bond acceptors (Lipinski definition) is 6. The van der Waals surface area contributed by atoms with E-state index in [9.17, 15) is 10.1 Å². The summed E-state index contributed by atoms with van der Waals surface area (Å²) in [7, 11) is 1.58. The highest BCUT2D eigenvalue weighted by atomic mass is 16.5. The molecule has 156 valence electrons. The molecule has 1 aliphatic rings. The van der Waals surface area contributed by atoms with E-state index in [1.165, 1.54) is 0 Å². The van der Waals surface area contributed by atoms with Crippen molar-refractivity contribution in [2.24, 2.45) is 0 Å². The molecule has 0 saturated carbocycles. The Morgan fingerprint density at radius 3 is 2.58 bits per heavy atom. The molecule has 2 heterocycles. The molecule has 4 rings (SSSR count). The standard InChI is InChI=1S/C24H22N4O3/c1-30-20-9-5-8-19(16-20)23(29)27-12-14-28(15-13-27)24-21(17-25)26-22(31-24)11-10-18-6-3-2-4-7-18/h2-11,16H,12-15H2,1H3/b11-10+. The number of amides is 1. The quantitative estimate of drug-likeness (QED) is 0.633. The fraction of sp³-hybridized carbons (Fsp3) is 0.208. The minimum atomic E-state index is -0.0388. The zero-order valence-corrected chi connectivity index (χ0v) is 17.2. The van der Waals surface area contributed by atoms with Crippen molar-refractivity contribution in [3.05, 3.63) is 77.3 Å². The summed E-state index contributed by atoms with van der Waals surface area (Å²) in [5, 5.41) is 9.49. The Balaban J connectivity index is 1.43. The Kier molecular flexibility index (Phi) is 5.99. The predicted octanol–water partition coefficient (Wildman–Crippen LogP) is 3.69. The molecule has 0 bridgehead atoms. The second-order valence-corrected chi connectivity index (χ2v) is 7.07. The molecule has 7 nitrogen and oxygen atoms in total. The van der Waals surface area contributed by atoms with Gasteiger partial charge in [-0.05, 0) is 29.8 Å². The van der Waals surface area contributed by atoms with Crippen LogP contribution in [0, 0.1) is 11.3 Å². The highest BCUT2D eigenvalue weighted by molar-refractivity contribution is 5.94. The molecule has 1 aliphatic heterocycles. The van der Waals surface area contributed by atoms with E-state index in [-0.39, 0.29) is 11.6 Å². The molecule has 1 aromatic heterocycles. The molecule has 0 aliphatic carbocycles. The maximum Gasteiger partial charge on any atom is 0.254 e. The minimum absolute atomic E-state index is 0.0388. The zero-order chi connectivity index (χ0) is 21.6. The Hall–Kier alpha value is -4.05. The van der Waals surface area contributed by atoms with E-state index >= 15 is 0 Å². The van der Waals surface area contributed by atoms with E-state index in [1.807, 2.05) is 47.4 Å². The number of anilines is 1. The van der Waals surface area contributed by atoms with Crippen molar-refractivity contribution < 1.29 is 13.9 Å². The first kappa shape index (κ1) is 20.2. The lowest BCUT2D eigenvalue weighted by Gasteiger charge is -2.34. The van der Waals surface area contributed by atoms with Crippen LogP contribution < -0.4 is 9.64 Å². The number of benzene rings is 2. The van der Waals surface area contributed by atoms with Crippen LogP contribution in [-0.2, 0) is 0 Å². The fourth-order valence-corrected chi connectivity index (χ4v) is 3.47. The fourth-order valence-electron chi connectivity index (χ4n) is 3.47. The number of nitriles is 1. The molecule has 0 atom stereocenters. The van der Waals surface area contributed by atoms with Gasteiger partial charge in [0, 0.05) is 37.8 Å². The SMILES string of the molecule is COc1cccc(C(=O)N2CCN(c3oc(/C=C/c4ccccc4)nc3C#N)CC2)c1. The van der Waals surface area contributed by atoms with Gasteiger partial charge >= 0.3 is 0 Å². The van der Waals surface area contributed by atoms with Crippen LogP contribution in [-0.4, -0.2) is 49.1 Å². The van der Waals surface area contributed by atoms with E-state index in [1.54, 1.807) is 36.3 Å². The number of piperazine rings is 1. The first-order valence-electron chi connectivity index (χ1n) is 10.0. The summed E-state index contributed by atoms with van der Waals surface area (Å²) < 4.78 is 11.1. The molecule has 0 N–H and O–H groups in total. The summed E-state index contributed by atoms with van der Waals surface area (Å²) in [6.07, 6.45) is 3.64. The number of methoxy groups -OCH3 is 1. The summed E-state index contributed by atoms with van der Waals surface area (Å²) in [4.78, 5) is 20.9. The van der Waals surface area contributed by atoms with E-state index in [0.29, 0.717) is 49.3 Å². The first-order chi connectivity index (χ1) is 15.2. The maximum absolute atomic E-state index is 12.8. The number of ether oxygens (including phenoxy) is 1. The van der Waals surface area contributed by atoms with Crippen molar-refractivity contribution in [2.75, 3.05) is 38.2 Å². The topological polar surface area (TPSA) is 82.6 Å². The van der Waals surface area contributed by atoms with E-state index in [2.05, 4.69) is 11.1 Å². The number of rotatable bonds is 5. The number of carbonyl (C=O) groups is 1. The van der Waals surface area contributed by atoms with Crippen LogP contribution in [0.2, 0.25) is 0 Å². The molecule has 2 aromatic carbocycles. The molecule has 7 heteroatoms. The summed E-state index contributed by atoms with van der Waals surface area (Å²) in [6, 6.07) is 19.1. The number of nitrogens with zero attached hydrogens (tertiary/aromatic N) is 4. The molecule has 1 saturated heterocycles. The lowest BCUT2D eigenvalue weighted by atomic mass is 10.1. The average Bonchev–Trinajstić information content (AvgIpc) is 3.26. The molecule has 31 heavy (non-hydrogen) atoms. The van der Waals surface area contributed by atoms with Gasteiger partial charge < -0.3 is 19.0 Å². The smallest absolute Gasteiger partial charge is 0.254 e. The zero-order valence-electron chi connectivity index (χ0n) is 17.2. The van der Waals surface area contributed by atoms with Gasteiger partial charge in [0.15, 0.2) is 0 Å². The second kappa shape index (κ2) is 9.18. The van der Waals surface area contributed by atoms with Gasteiger partial charge in [-0.25, -0.2) is 0 Å². The number of carbonyl (C=O) groups excluding carboxylic acids is 1. The maximum atomic E-state index is 12.8. The third-order valence-corrected chi connectivity index (χ3v) is 5.12. The number of hydrogen-bond donors (Lipinski definition) is 0. The van der Waals surface area contributed by atoms with Gasteiger partial charge in [0.1, 0.15) is 11.8 Å². The van der Waals surface area contributed by atoms with Crippen LogP contribution in [0.15, 0.2) is 59.0 Å². The predicted molar refractivity (Wildman–Crippen MR) is 118 cm³/mol. The molecule has 3 aromatic rings. The normalized spacial score (nSPS) is 13.9. The highest BCUT2D eigenvalue weighted by Gasteiger charge is 2.26. The number of aromatic nitrogens is 1. The van der Waals surface area contributed by atoms with Gasteiger partial charge in [0.2, 0.25) is 17.5 Å². The van der Waals surface area contributed by atoms with Crippen LogP contribution in [0.3, 0.4) is 0 Å². The van der Waals surface area contributed by atoms with Gasteiger partial charge in [0.05, 0.1) is 7.11 Å². The van der Waals surface area contributed by atoms with Gasteiger partial charge in [-0.15, -0.1) is 0 Å². The van der Waals surface area contributed by atoms with Crippen molar-refractivity contribution in [3.63, 3.8) is 0 Å². The Labute approximate surface area is 180 Å². The Morgan fingerprint density at radius 1 is 1.10 bits per heavy atom. The highest BCUT2D eigenvalue weighted by Crippen LogP contribution is 2.25. The van der Waals surface area contributed by atoms with Crippen molar-refractivity contribution in [1.82, 2.24) is 9.88 Å². The minimum Gasteiger partial charge on any atom is -0.497 e. The first-order valence-corrected chi connectivity index (χ1v) is 10.0. The lowest BCUT2D eigenvalue weighted by Crippen LogP contribution is -2.48. The van der Waals surface area contributed by atoms with Gasteiger partial charge in [-0.2, -0.15) is 10.2 Å². The Morgan fingerprint density at radius 2 is 1.87 bits per heavy atom. The monoisotopic (exact) mass is 414 g/mol. The molecule has 0 spiro atoms. The summed E-state index contributed by atoms with van der Waals surface area (Å²) in [5.41, 5.74) is 1.87. The van der Waals surface area contributed by atoms with Crippen molar-refractivity contribution >= 4 is 23.9 Å². The van der Waals surface area contributed by atoms with Crippen LogP contribution in [0.25, 0.3) is 12.2 Å². The molecule has 0 radical (unpaired) electrons. The van der Waals surface area contributed by atoms with Crippen LogP contribution in [0.1, 0.15) is 27.5 Å². The second-order valence-electron chi connectivity index (χ2n) is 7.07. The van der Waals surface area contributed by atoms with Crippen LogP contribution >= 0.6 is 0 Å². The lowest BCUT2D eigenvalue weighted by molar-refractivity contribution is 0.0745. The van der Waals surface area contributed by atoms with Gasteiger partial charge in [-0.1, -0.05) is 36.4 Å². The molecule has 0 unspecified atom stereocenters. The Bertz CT molecular complexity index is 1120. The largest absolute Gasteiger partial charge is 0.497 e. The number of oxazole rings is 1. The van der Waals surface area contributed by atoms with Crippen LogP contribution in [0.5, 0.6) is 5.75 Å². The van der Waals surface area contributed by atoms with Crippen molar-refractivity contribution in [3.8, 4) is 11.8 Å². The molecule has 1 fully saturated rings. The average molecular weight is 414 g/mol. The van der Waals surface area contributed by atoms with E-state index in [4.69, 9.17) is 9.15 Å². The molecule has 1 amide bonds. The summed E-state index contributed by atoms with van der Waals surface area (Å²) in [5.74, 6) is 1.44. The van der Waals surface area contributed by atoms with Crippen molar-refractivity contribution in [2.45, 2.75) is 0 Å². The van der Waals surface area contributed by atoms with Crippen LogP contribution in [0.4, 0.5) is 5.88 Å². The summed E-state index contributed by atoms with van der Waals surface area (Å²) >= 11 is 0. The third kappa shape index (κ3) is 4.59. The van der Waals surface area contributed by atoms with Gasteiger partial charge in [-0.3, -0.25) is 4.79 Å². The molecular weight excluding hydrogens is 392 g/mol. The van der Waals surface area contributed by atoms with E-state index < -0.39 is 0 Å². The van der Waals surface area contributed by atoms with Gasteiger partial charge in [0.25, 0.3) is 5.91 Å². The van der Waals surface area contributed by atoms with Crippen molar-refractivity contribution in [1.29, 1.82) is 5.26 Å². The van der Waals surface area contributed by atoms with E-state index in [0.717, 1.165) is 5.56 Å². The molecular formula is C24H22N4O3. The summed E-state index contributed by atoms with van der Waals surface area (Å²) in [6.45, 7) is 2.16.